The number of methoxy groups -OCH3 is 1. The molecule has 1 aromatic carbocycles. The number of nitrogen functional groups attached to an aromatic ring is 3. The van der Waals surface area contributed by atoms with Gasteiger partial charge in [0.1, 0.15) is 11.4 Å². The van der Waals surface area contributed by atoms with Gasteiger partial charge >= 0.3 is 0 Å². The van der Waals surface area contributed by atoms with Crippen molar-refractivity contribution in [2.45, 2.75) is 0 Å². The second-order valence-corrected chi connectivity index (χ2v) is 3.59. The summed E-state index contributed by atoms with van der Waals surface area (Å²) in [5.74, 6) is 1.29. The monoisotopic (exact) mass is 246 g/mol. The van der Waals surface area contributed by atoms with Crippen molar-refractivity contribution < 1.29 is 4.74 Å². The van der Waals surface area contributed by atoms with E-state index in [9.17, 15) is 0 Å². The lowest BCUT2D eigenvalue weighted by Gasteiger charge is -2.11. The van der Waals surface area contributed by atoms with Crippen LogP contribution >= 0.6 is 0 Å². The molecular weight excluding hydrogens is 232 g/mol. The van der Waals surface area contributed by atoms with E-state index in [4.69, 9.17) is 21.9 Å². The molecule has 1 heterocycles. The third-order valence-corrected chi connectivity index (χ3v) is 2.32. The van der Waals surface area contributed by atoms with Crippen LogP contribution in [0.5, 0.6) is 5.75 Å². The van der Waals surface area contributed by atoms with Gasteiger partial charge in [0.05, 0.1) is 7.11 Å². The van der Waals surface area contributed by atoms with Gasteiger partial charge in [0, 0.05) is 11.8 Å². The second kappa shape index (κ2) is 4.66. The smallest absolute Gasteiger partial charge is 0.224 e. The van der Waals surface area contributed by atoms with Crippen LogP contribution in [0.2, 0.25) is 0 Å². The van der Waals surface area contributed by atoms with Crippen LogP contribution in [-0.4, -0.2) is 17.1 Å². The Bertz CT molecular complexity index is 571. The first kappa shape index (κ1) is 11.8. The van der Waals surface area contributed by atoms with Gasteiger partial charge in [-0.05, 0) is 12.1 Å². The summed E-state index contributed by atoms with van der Waals surface area (Å²) in [4.78, 5) is 7.76. The van der Waals surface area contributed by atoms with Crippen molar-refractivity contribution in [3.05, 3.63) is 24.3 Å². The summed E-state index contributed by atoms with van der Waals surface area (Å²) >= 11 is 0. The molecule has 0 fully saturated rings. The molecule has 0 aliphatic carbocycles. The fourth-order valence-corrected chi connectivity index (χ4v) is 1.44. The number of anilines is 5. The summed E-state index contributed by atoms with van der Waals surface area (Å²) < 4.78 is 5.12. The lowest BCUT2D eigenvalue weighted by Crippen LogP contribution is -2.08. The number of hydrogen-bond acceptors (Lipinski definition) is 7. The van der Waals surface area contributed by atoms with Crippen LogP contribution in [-0.2, 0) is 0 Å². The van der Waals surface area contributed by atoms with E-state index < -0.39 is 0 Å². The van der Waals surface area contributed by atoms with Gasteiger partial charge in [0.2, 0.25) is 5.95 Å². The van der Waals surface area contributed by atoms with Gasteiger partial charge in [-0.25, -0.2) is 0 Å². The van der Waals surface area contributed by atoms with Gasteiger partial charge in [0.25, 0.3) is 0 Å². The van der Waals surface area contributed by atoms with E-state index in [1.807, 2.05) is 18.2 Å². The highest BCUT2D eigenvalue weighted by atomic mass is 16.5. The molecule has 0 aliphatic rings. The Hall–Kier alpha value is -2.70. The first-order chi connectivity index (χ1) is 8.60. The lowest BCUT2D eigenvalue weighted by atomic mass is 10.3. The summed E-state index contributed by atoms with van der Waals surface area (Å²) in [6, 6.07) is 7.31. The topological polar surface area (TPSA) is 125 Å². The second-order valence-electron chi connectivity index (χ2n) is 3.59. The van der Waals surface area contributed by atoms with Crippen molar-refractivity contribution >= 4 is 29.0 Å². The number of benzene rings is 1. The molecule has 0 atom stereocenters. The van der Waals surface area contributed by atoms with Crippen LogP contribution in [0.25, 0.3) is 0 Å². The highest BCUT2D eigenvalue weighted by Gasteiger charge is 2.08. The molecule has 0 bridgehead atoms. The zero-order valence-corrected chi connectivity index (χ0v) is 9.84. The fourth-order valence-electron chi connectivity index (χ4n) is 1.44. The summed E-state index contributed by atoms with van der Waals surface area (Å²) in [5, 5.41) is 3.01. The molecule has 7 N–H and O–H groups in total. The van der Waals surface area contributed by atoms with E-state index in [0.29, 0.717) is 11.6 Å². The summed E-state index contributed by atoms with van der Waals surface area (Å²) in [7, 11) is 1.59. The van der Waals surface area contributed by atoms with E-state index in [-0.39, 0.29) is 17.5 Å². The largest absolute Gasteiger partial charge is 0.497 e. The predicted octanol–water partition coefficient (Wildman–Crippen LogP) is 0.975. The zero-order chi connectivity index (χ0) is 13.1. The first-order valence-electron chi connectivity index (χ1n) is 5.19. The molecule has 0 radical (unpaired) electrons. The van der Waals surface area contributed by atoms with Crippen molar-refractivity contribution in [2.75, 3.05) is 29.6 Å². The van der Waals surface area contributed by atoms with Crippen molar-refractivity contribution in [3.63, 3.8) is 0 Å². The van der Waals surface area contributed by atoms with Crippen molar-refractivity contribution in [1.82, 2.24) is 9.97 Å². The average molecular weight is 246 g/mol. The molecule has 0 amide bonds. The minimum Gasteiger partial charge on any atom is -0.497 e. The van der Waals surface area contributed by atoms with E-state index in [1.54, 1.807) is 13.2 Å². The van der Waals surface area contributed by atoms with Gasteiger partial charge in [-0.3, -0.25) is 0 Å². The van der Waals surface area contributed by atoms with Crippen LogP contribution in [0.15, 0.2) is 24.3 Å². The molecule has 0 saturated heterocycles. The standard InChI is InChI=1S/C11H14N6O/c1-18-7-4-2-3-6(5-7)15-10-8(12)9(13)16-11(14)17-10/h2-5H,12H2,1H3,(H5,13,14,15,16,17). The third-order valence-electron chi connectivity index (χ3n) is 2.32. The molecule has 1 aromatic heterocycles. The molecule has 7 nitrogen and oxygen atoms in total. The molecule has 0 spiro atoms. The molecular formula is C11H14N6O. The Morgan fingerprint density at radius 3 is 2.67 bits per heavy atom. The Labute approximate surface area is 104 Å². The van der Waals surface area contributed by atoms with Crippen LogP contribution in [0, 0.1) is 0 Å². The SMILES string of the molecule is COc1cccc(Nc2nc(N)nc(N)c2N)c1. The minimum atomic E-state index is 0.0621. The lowest BCUT2D eigenvalue weighted by molar-refractivity contribution is 0.415. The average Bonchev–Trinajstić information content (AvgIpc) is 2.35. The maximum absolute atomic E-state index is 5.77. The number of hydrogen-bond donors (Lipinski definition) is 4. The van der Waals surface area contributed by atoms with E-state index in [0.717, 1.165) is 5.69 Å². The molecule has 0 unspecified atom stereocenters. The Morgan fingerprint density at radius 1 is 1.17 bits per heavy atom. The number of nitrogens with zero attached hydrogens (tertiary/aromatic N) is 2. The third kappa shape index (κ3) is 2.34. The molecule has 7 heteroatoms. The number of aromatic nitrogens is 2. The Kier molecular flexibility index (Phi) is 3.05. The molecule has 2 aromatic rings. The molecule has 2 rings (SSSR count). The summed E-state index contributed by atoms with van der Waals surface area (Å²) in [6.45, 7) is 0. The van der Waals surface area contributed by atoms with Crippen LogP contribution in [0.3, 0.4) is 0 Å². The Morgan fingerprint density at radius 2 is 1.94 bits per heavy atom. The summed E-state index contributed by atoms with van der Waals surface area (Å²) in [6.07, 6.45) is 0. The van der Waals surface area contributed by atoms with Crippen molar-refractivity contribution in [1.29, 1.82) is 0 Å². The van der Waals surface area contributed by atoms with Gasteiger partial charge in [-0.2, -0.15) is 9.97 Å². The summed E-state index contributed by atoms with van der Waals surface area (Å²) in [5.41, 5.74) is 17.9. The van der Waals surface area contributed by atoms with Crippen LogP contribution in [0.4, 0.5) is 29.0 Å². The highest BCUT2D eigenvalue weighted by molar-refractivity contribution is 5.77. The fraction of sp³-hybridized carbons (Fsp3) is 0.0909. The number of nitrogens with one attached hydrogen (secondary N) is 1. The van der Waals surface area contributed by atoms with E-state index in [1.165, 1.54) is 0 Å². The number of ether oxygens (including phenoxy) is 1. The van der Waals surface area contributed by atoms with Gasteiger partial charge in [-0.15, -0.1) is 0 Å². The molecule has 0 saturated carbocycles. The molecule has 94 valence electrons. The quantitative estimate of drug-likeness (QED) is 0.635. The Balaban J connectivity index is 2.33. The van der Waals surface area contributed by atoms with Crippen molar-refractivity contribution in [3.8, 4) is 5.75 Å². The number of nitrogens with two attached hydrogens (primary N) is 3. The highest BCUT2D eigenvalue weighted by Crippen LogP contribution is 2.27. The van der Waals surface area contributed by atoms with Crippen LogP contribution < -0.4 is 27.3 Å². The van der Waals surface area contributed by atoms with E-state index >= 15 is 0 Å². The number of rotatable bonds is 3. The first-order valence-corrected chi connectivity index (χ1v) is 5.19. The van der Waals surface area contributed by atoms with Crippen LogP contribution in [0.1, 0.15) is 0 Å². The normalized spacial score (nSPS) is 10.1. The zero-order valence-electron chi connectivity index (χ0n) is 9.84. The van der Waals surface area contributed by atoms with E-state index in [2.05, 4.69) is 15.3 Å². The molecule has 18 heavy (non-hydrogen) atoms. The van der Waals surface area contributed by atoms with Crippen molar-refractivity contribution in [2.24, 2.45) is 0 Å². The maximum Gasteiger partial charge on any atom is 0.224 e. The van der Waals surface area contributed by atoms with Gasteiger partial charge in [0.15, 0.2) is 11.6 Å². The minimum absolute atomic E-state index is 0.0621. The van der Waals surface area contributed by atoms with Gasteiger partial charge < -0.3 is 27.3 Å². The molecule has 0 aliphatic heterocycles. The maximum atomic E-state index is 5.77. The predicted molar refractivity (Wildman–Crippen MR) is 71.5 cm³/mol. The van der Waals surface area contributed by atoms with Gasteiger partial charge in [-0.1, -0.05) is 6.07 Å².